The summed E-state index contributed by atoms with van der Waals surface area (Å²) in [5.74, 6) is 0.539. The van der Waals surface area contributed by atoms with Crippen molar-refractivity contribution in [2.75, 3.05) is 0 Å². The van der Waals surface area contributed by atoms with Crippen molar-refractivity contribution < 1.29 is 14.6 Å². The van der Waals surface area contributed by atoms with E-state index in [4.69, 9.17) is 4.74 Å². The average Bonchev–Trinajstić information content (AvgIpc) is 2.37. The van der Waals surface area contributed by atoms with Gasteiger partial charge in [-0.05, 0) is 30.7 Å². The molecule has 0 radical (unpaired) electrons. The second-order valence-corrected chi connectivity index (χ2v) is 5.78. The molecule has 3 aliphatic rings. The van der Waals surface area contributed by atoms with Gasteiger partial charge in [-0.1, -0.05) is 31.0 Å². The van der Waals surface area contributed by atoms with E-state index < -0.39 is 5.60 Å². The summed E-state index contributed by atoms with van der Waals surface area (Å²) in [5.41, 5.74) is -0.144. The van der Waals surface area contributed by atoms with Crippen molar-refractivity contribution in [3.8, 4) is 5.75 Å². The molecule has 3 heteroatoms. The fraction of sp³-hybridized carbons (Fsp3) is 0.533. The highest BCUT2D eigenvalue weighted by molar-refractivity contribution is 5.82. The normalized spacial score (nSPS) is 40.9. The van der Waals surface area contributed by atoms with E-state index in [0.29, 0.717) is 11.7 Å². The Morgan fingerprint density at radius 1 is 1.22 bits per heavy atom. The van der Waals surface area contributed by atoms with Crippen LogP contribution in [-0.2, 0) is 10.4 Å². The molecular formula is C15H16O3. The number of rotatable bonds is 0. The molecule has 0 saturated heterocycles. The molecule has 1 aromatic carbocycles. The van der Waals surface area contributed by atoms with Crippen molar-refractivity contribution >= 4 is 5.97 Å². The molecule has 2 aliphatic carbocycles. The fourth-order valence-electron chi connectivity index (χ4n) is 4.32. The highest BCUT2D eigenvalue weighted by Gasteiger charge is 2.68. The Morgan fingerprint density at radius 3 is 2.89 bits per heavy atom. The van der Waals surface area contributed by atoms with Gasteiger partial charge in [-0.25, -0.2) is 0 Å². The lowest BCUT2D eigenvalue weighted by atomic mass is 9.46. The molecule has 1 heterocycles. The highest BCUT2D eigenvalue weighted by atomic mass is 16.5. The highest BCUT2D eigenvalue weighted by Crippen LogP contribution is 2.64. The van der Waals surface area contributed by atoms with Gasteiger partial charge in [0.05, 0.1) is 5.92 Å². The van der Waals surface area contributed by atoms with E-state index in [1.54, 1.807) is 6.07 Å². The minimum Gasteiger partial charge on any atom is -0.426 e. The van der Waals surface area contributed by atoms with Crippen molar-refractivity contribution in [3.05, 3.63) is 29.8 Å². The van der Waals surface area contributed by atoms with Gasteiger partial charge in [0.2, 0.25) is 0 Å². The third-order valence-electron chi connectivity index (χ3n) is 5.07. The van der Waals surface area contributed by atoms with Crippen LogP contribution < -0.4 is 4.74 Å². The van der Waals surface area contributed by atoms with Crippen LogP contribution in [0.15, 0.2) is 24.3 Å². The summed E-state index contributed by atoms with van der Waals surface area (Å²) in [4.78, 5) is 12.1. The monoisotopic (exact) mass is 244 g/mol. The van der Waals surface area contributed by atoms with Crippen LogP contribution in [0.2, 0.25) is 0 Å². The van der Waals surface area contributed by atoms with Gasteiger partial charge in [-0.15, -0.1) is 0 Å². The van der Waals surface area contributed by atoms with E-state index in [9.17, 15) is 9.90 Å². The fourth-order valence-corrected chi connectivity index (χ4v) is 4.32. The summed E-state index contributed by atoms with van der Waals surface area (Å²) in [6.45, 7) is 0. The maximum Gasteiger partial charge on any atom is 0.317 e. The van der Waals surface area contributed by atoms with Crippen molar-refractivity contribution in [2.24, 2.45) is 17.8 Å². The Bertz CT molecular complexity index is 524. The number of esters is 1. The largest absolute Gasteiger partial charge is 0.426 e. The predicted molar refractivity (Wildman–Crippen MR) is 64.9 cm³/mol. The first-order valence-electron chi connectivity index (χ1n) is 6.76. The number of ether oxygens (including phenoxy) is 1. The molecule has 94 valence electrons. The smallest absolute Gasteiger partial charge is 0.317 e. The molecule has 0 aromatic heterocycles. The van der Waals surface area contributed by atoms with Gasteiger partial charge in [0, 0.05) is 5.56 Å². The van der Waals surface area contributed by atoms with Crippen LogP contribution in [0.5, 0.6) is 5.75 Å². The first kappa shape index (κ1) is 10.6. The molecule has 1 aromatic rings. The molecule has 1 N–H and O–H groups in total. The van der Waals surface area contributed by atoms with E-state index in [2.05, 4.69) is 0 Å². The molecule has 0 unspecified atom stereocenters. The third-order valence-corrected chi connectivity index (χ3v) is 5.07. The molecule has 2 fully saturated rings. The first-order valence-corrected chi connectivity index (χ1v) is 6.76. The van der Waals surface area contributed by atoms with Crippen LogP contribution in [0.3, 0.4) is 0 Å². The second kappa shape index (κ2) is 3.35. The van der Waals surface area contributed by atoms with Gasteiger partial charge in [0.25, 0.3) is 0 Å². The Kier molecular flexibility index (Phi) is 1.97. The van der Waals surface area contributed by atoms with Crippen molar-refractivity contribution in [1.29, 1.82) is 0 Å². The summed E-state index contributed by atoms with van der Waals surface area (Å²) >= 11 is 0. The number of aliphatic hydroxyl groups is 1. The van der Waals surface area contributed by atoms with Crippen molar-refractivity contribution in [3.63, 3.8) is 0 Å². The van der Waals surface area contributed by atoms with Gasteiger partial charge in [-0.3, -0.25) is 4.79 Å². The Labute approximate surface area is 106 Å². The van der Waals surface area contributed by atoms with Gasteiger partial charge in [0.1, 0.15) is 11.4 Å². The number of benzene rings is 1. The summed E-state index contributed by atoms with van der Waals surface area (Å²) in [7, 11) is 0. The van der Waals surface area contributed by atoms with Crippen LogP contribution in [0, 0.1) is 17.8 Å². The molecule has 0 amide bonds. The number of carbonyl (C=O) groups excluding carboxylic acids is 1. The summed E-state index contributed by atoms with van der Waals surface area (Å²) in [5, 5.41) is 11.0. The van der Waals surface area contributed by atoms with E-state index in [1.807, 2.05) is 18.2 Å². The Balaban J connectivity index is 1.86. The quantitative estimate of drug-likeness (QED) is 0.562. The zero-order valence-corrected chi connectivity index (χ0v) is 10.1. The predicted octanol–water partition coefficient (Wildman–Crippen LogP) is 2.23. The molecule has 2 saturated carbocycles. The Hall–Kier alpha value is -1.35. The molecule has 1 aliphatic heterocycles. The maximum atomic E-state index is 12.1. The average molecular weight is 244 g/mol. The van der Waals surface area contributed by atoms with Gasteiger partial charge < -0.3 is 9.84 Å². The van der Waals surface area contributed by atoms with Crippen LogP contribution in [0.4, 0.5) is 0 Å². The van der Waals surface area contributed by atoms with Crippen LogP contribution in [0.1, 0.15) is 31.2 Å². The maximum absolute atomic E-state index is 12.1. The molecule has 3 nitrogen and oxygen atoms in total. The minimum atomic E-state index is -0.961. The lowest BCUT2D eigenvalue weighted by Gasteiger charge is -2.61. The SMILES string of the molecule is O=C1Oc2ccccc2[C@]2(O)[C@@H]3CCCC[C@@H]3[C@H]12. The molecule has 4 rings (SSSR count). The lowest BCUT2D eigenvalue weighted by molar-refractivity contribution is -0.234. The van der Waals surface area contributed by atoms with Gasteiger partial charge >= 0.3 is 5.97 Å². The molecule has 18 heavy (non-hydrogen) atoms. The Morgan fingerprint density at radius 2 is 2.00 bits per heavy atom. The first-order chi connectivity index (χ1) is 8.73. The molecule has 0 bridgehead atoms. The van der Waals surface area contributed by atoms with Gasteiger partial charge in [-0.2, -0.15) is 0 Å². The van der Waals surface area contributed by atoms with Gasteiger partial charge in [0.15, 0.2) is 0 Å². The summed E-state index contributed by atoms with van der Waals surface area (Å²) in [6.07, 6.45) is 4.41. The zero-order chi connectivity index (χ0) is 12.3. The standard InChI is InChI=1S/C15H16O3/c16-14-13-9-5-1-2-6-10(9)15(13,17)11-7-3-4-8-12(11)18-14/h3-4,7-10,13,17H,1-2,5-6H2/t9-,10+,13+,15+/m0/s1. The van der Waals surface area contributed by atoms with Crippen molar-refractivity contribution in [1.82, 2.24) is 0 Å². The molecule has 0 spiro atoms. The van der Waals surface area contributed by atoms with Crippen LogP contribution >= 0.6 is 0 Å². The number of hydrogen-bond acceptors (Lipinski definition) is 3. The van der Waals surface area contributed by atoms with Crippen LogP contribution in [-0.4, -0.2) is 11.1 Å². The lowest BCUT2D eigenvalue weighted by Crippen LogP contribution is -2.66. The summed E-state index contributed by atoms with van der Waals surface area (Å²) < 4.78 is 5.38. The number of fused-ring (bicyclic) bond motifs is 6. The summed E-state index contributed by atoms with van der Waals surface area (Å²) in [6, 6.07) is 7.42. The van der Waals surface area contributed by atoms with E-state index in [1.165, 1.54) is 6.42 Å². The number of carbonyl (C=O) groups is 1. The van der Waals surface area contributed by atoms with E-state index in [-0.39, 0.29) is 17.8 Å². The van der Waals surface area contributed by atoms with E-state index in [0.717, 1.165) is 24.8 Å². The second-order valence-electron chi connectivity index (χ2n) is 5.78. The number of para-hydroxylation sites is 1. The molecular weight excluding hydrogens is 228 g/mol. The third kappa shape index (κ3) is 1.06. The zero-order valence-electron chi connectivity index (χ0n) is 10.1. The molecule has 4 atom stereocenters. The van der Waals surface area contributed by atoms with Crippen molar-refractivity contribution in [2.45, 2.75) is 31.3 Å². The van der Waals surface area contributed by atoms with Crippen LogP contribution in [0.25, 0.3) is 0 Å². The topological polar surface area (TPSA) is 46.5 Å². The number of hydrogen-bond donors (Lipinski definition) is 1. The van der Waals surface area contributed by atoms with E-state index >= 15 is 0 Å². The minimum absolute atomic E-state index is 0.237.